The number of nitrogens with zero attached hydrogens (tertiary/aromatic N) is 1. The zero-order valence-electron chi connectivity index (χ0n) is 16.6. The number of halogens is 3. The number of hydrogen-bond donors (Lipinski definition) is 3. The van der Waals surface area contributed by atoms with E-state index in [-0.39, 0.29) is 23.3 Å². The van der Waals surface area contributed by atoms with Crippen LogP contribution in [-0.4, -0.2) is 51.4 Å². The van der Waals surface area contributed by atoms with Crippen molar-refractivity contribution in [2.45, 2.75) is 32.5 Å². The molecular weight excluding hydrogens is 389 g/mol. The summed E-state index contributed by atoms with van der Waals surface area (Å²) in [6.07, 6.45) is -2.49. The van der Waals surface area contributed by atoms with Gasteiger partial charge in [0.15, 0.2) is 24.1 Å². The van der Waals surface area contributed by atoms with Gasteiger partial charge >= 0.3 is 6.18 Å². The highest BCUT2D eigenvalue weighted by Gasteiger charge is 2.29. The lowest BCUT2D eigenvalue weighted by Crippen LogP contribution is -2.41. The standard InChI is InChI=1S/C19H27F3N4O3/c1-3-23-18(25-9-8-24-17(27)14-5-6-14)26-11-13-4-7-15(16(10-13)28-2)29-12-19(20,21)22/h4,7,10,14H,3,5-6,8-9,11-12H2,1-2H3,(H,24,27)(H2,23,25,26). The number of aliphatic imine (C=N–C) groups is 1. The zero-order chi connectivity index (χ0) is 21.3. The van der Waals surface area contributed by atoms with Crippen LogP contribution in [-0.2, 0) is 11.3 Å². The molecule has 1 aliphatic carbocycles. The number of carbonyl (C=O) groups is 1. The van der Waals surface area contributed by atoms with E-state index in [9.17, 15) is 18.0 Å². The van der Waals surface area contributed by atoms with Crippen molar-refractivity contribution in [2.24, 2.45) is 10.9 Å². The Balaban J connectivity index is 1.88. The van der Waals surface area contributed by atoms with Gasteiger partial charge in [0, 0.05) is 25.6 Å². The Kier molecular flexibility index (Phi) is 8.41. The first kappa shape index (κ1) is 22.6. The van der Waals surface area contributed by atoms with Crippen LogP contribution in [0.1, 0.15) is 25.3 Å². The zero-order valence-corrected chi connectivity index (χ0v) is 16.6. The van der Waals surface area contributed by atoms with Gasteiger partial charge in [-0.15, -0.1) is 0 Å². The normalized spacial score (nSPS) is 14.3. The van der Waals surface area contributed by atoms with Crippen molar-refractivity contribution in [3.05, 3.63) is 23.8 Å². The van der Waals surface area contributed by atoms with Gasteiger partial charge in [0.05, 0.1) is 13.7 Å². The van der Waals surface area contributed by atoms with Crippen molar-refractivity contribution in [3.63, 3.8) is 0 Å². The first-order chi connectivity index (χ1) is 13.8. The van der Waals surface area contributed by atoms with Gasteiger partial charge in [-0.25, -0.2) is 4.99 Å². The van der Waals surface area contributed by atoms with Gasteiger partial charge < -0.3 is 25.4 Å². The molecule has 29 heavy (non-hydrogen) atoms. The van der Waals surface area contributed by atoms with Crippen molar-refractivity contribution in [1.29, 1.82) is 0 Å². The number of rotatable bonds is 10. The Morgan fingerprint density at radius 2 is 1.90 bits per heavy atom. The first-order valence-electron chi connectivity index (χ1n) is 9.48. The topological polar surface area (TPSA) is 84.0 Å². The maximum absolute atomic E-state index is 12.3. The predicted molar refractivity (Wildman–Crippen MR) is 103 cm³/mol. The average Bonchev–Trinajstić information content (AvgIpc) is 3.52. The lowest BCUT2D eigenvalue weighted by Gasteiger charge is -2.14. The molecule has 2 rings (SSSR count). The van der Waals surface area contributed by atoms with Crippen LogP contribution in [0.2, 0.25) is 0 Å². The average molecular weight is 416 g/mol. The van der Waals surface area contributed by atoms with E-state index in [0.29, 0.717) is 32.1 Å². The van der Waals surface area contributed by atoms with Gasteiger partial charge in [0.2, 0.25) is 5.91 Å². The molecule has 0 unspecified atom stereocenters. The summed E-state index contributed by atoms with van der Waals surface area (Å²) in [5.74, 6) is 1.07. The van der Waals surface area contributed by atoms with E-state index in [2.05, 4.69) is 20.9 Å². The summed E-state index contributed by atoms with van der Waals surface area (Å²) in [6, 6.07) is 4.66. The van der Waals surface area contributed by atoms with Crippen LogP contribution in [0.25, 0.3) is 0 Å². The second-order valence-electron chi connectivity index (χ2n) is 6.58. The molecule has 0 saturated heterocycles. The van der Waals surface area contributed by atoms with Crippen LogP contribution >= 0.6 is 0 Å². The van der Waals surface area contributed by atoms with E-state index in [0.717, 1.165) is 18.4 Å². The Hall–Kier alpha value is -2.65. The molecule has 0 bridgehead atoms. The van der Waals surface area contributed by atoms with E-state index >= 15 is 0 Å². The summed E-state index contributed by atoms with van der Waals surface area (Å²) < 4.78 is 46.9. The molecule has 0 aromatic heterocycles. The minimum absolute atomic E-state index is 0.0222. The molecule has 1 fully saturated rings. The maximum Gasteiger partial charge on any atom is 0.422 e. The molecule has 3 N–H and O–H groups in total. The number of nitrogens with one attached hydrogen (secondary N) is 3. The fourth-order valence-electron chi connectivity index (χ4n) is 2.46. The number of guanidine groups is 1. The third-order valence-electron chi connectivity index (χ3n) is 4.05. The minimum Gasteiger partial charge on any atom is -0.493 e. The minimum atomic E-state index is -4.42. The molecule has 0 atom stereocenters. The molecule has 1 saturated carbocycles. The lowest BCUT2D eigenvalue weighted by atomic mass is 10.2. The summed E-state index contributed by atoms with van der Waals surface area (Å²) in [7, 11) is 1.37. The van der Waals surface area contributed by atoms with E-state index in [1.165, 1.54) is 13.2 Å². The monoisotopic (exact) mass is 416 g/mol. The first-order valence-corrected chi connectivity index (χ1v) is 9.48. The van der Waals surface area contributed by atoms with E-state index in [4.69, 9.17) is 9.47 Å². The fourth-order valence-corrected chi connectivity index (χ4v) is 2.46. The number of amides is 1. The molecule has 1 aromatic carbocycles. The Morgan fingerprint density at radius 3 is 2.52 bits per heavy atom. The molecule has 162 valence electrons. The highest BCUT2D eigenvalue weighted by Crippen LogP contribution is 2.30. The van der Waals surface area contributed by atoms with E-state index in [1.807, 2.05) is 6.92 Å². The number of carbonyl (C=O) groups excluding carboxylic acids is 1. The number of ether oxygens (including phenoxy) is 2. The highest BCUT2D eigenvalue weighted by molar-refractivity contribution is 5.81. The van der Waals surface area contributed by atoms with Crippen molar-refractivity contribution in [1.82, 2.24) is 16.0 Å². The Bertz CT molecular complexity index is 706. The molecule has 0 radical (unpaired) electrons. The molecular formula is C19H27F3N4O3. The third kappa shape index (κ3) is 8.49. The van der Waals surface area contributed by atoms with E-state index in [1.54, 1.807) is 12.1 Å². The number of hydrogen-bond acceptors (Lipinski definition) is 4. The van der Waals surface area contributed by atoms with Crippen LogP contribution in [0.15, 0.2) is 23.2 Å². The predicted octanol–water partition coefficient (Wildman–Crippen LogP) is 2.22. The maximum atomic E-state index is 12.3. The van der Waals surface area contributed by atoms with Crippen LogP contribution in [0.4, 0.5) is 13.2 Å². The summed E-state index contributed by atoms with van der Waals surface area (Å²) in [4.78, 5) is 16.1. The van der Waals surface area contributed by atoms with Crippen molar-refractivity contribution >= 4 is 11.9 Å². The van der Waals surface area contributed by atoms with Crippen LogP contribution in [0.3, 0.4) is 0 Å². The Labute approximate surface area is 168 Å². The van der Waals surface area contributed by atoms with Crippen molar-refractivity contribution in [2.75, 3.05) is 33.4 Å². The van der Waals surface area contributed by atoms with E-state index < -0.39 is 12.8 Å². The third-order valence-corrected chi connectivity index (χ3v) is 4.05. The number of alkyl halides is 3. The fraction of sp³-hybridized carbons (Fsp3) is 0.579. The highest BCUT2D eigenvalue weighted by atomic mass is 19.4. The van der Waals surface area contributed by atoms with Crippen molar-refractivity contribution in [3.8, 4) is 11.5 Å². The molecule has 0 spiro atoms. The summed E-state index contributed by atoms with van der Waals surface area (Å²) >= 11 is 0. The van der Waals surface area contributed by atoms with Crippen LogP contribution in [0.5, 0.6) is 11.5 Å². The molecule has 7 nitrogen and oxygen atoms in total. The van der Waals surface area contributed by atoms with Gasteiger partial charge in [0.1, 0.15) is 0 Å². The van der Waals surface area contributed by atoms with Gasteiger partial charge in [0.25, 0.3) is 0 Å². The molecule has 1 aromatic rings. The molecule has 1 amide bonds. The lowest BCUT2D eigenvalue weighted by molar-refractivity contribution is -0.153. The Morgan fingerprint density at radius 1 is 1.17 bits per heavy atom. The second-order valence-corrected chi connectivity index (χ2v) is 6.58. The largest absolute Gasteiger partial charge is 0.493 e. The quantitative estimate of drug-likeness (QED) is 0.310. The van der Waals surface area contributed by atoms with Crippen molar-refractivity contribution < 1.29 is 27.4 Å². The summed E-state index contributed by atoms with van der Waals surface area (Å²) in [5, 5.41) is 9.09. The van der Waals surface area contributed by atoms with Crippen LogP contribution < -0.4 is 25.4 Å². The summed E-state index contributed by atoms with van der Waals surface area (Å²) in [6.45, 7) is 2.53. The SMILES string of the molecule is CCNC(=NCc1ccc(OCC(F)(F)F)c(OC)c1)NCCNC(=O)C1CC1. The molecule has 10 heteroatoms. The van der Waals surface area contributed by atoms with Gasteiger partial charge in [-0.05, 0) is 37.5 Å². The van der Waals surface area contributed by atoms with Gasteiger partial charge in [-0.3, -0.25) is 4.79 Å². The molecule has 0 aliphatic heterocycles. The smallest absolute Gasteiger partial charge is 0.422 e. The van der Waals surface area contributed by atoms with Gasteiger partial charge in [-0.2, -0.15) is 13.2 Å². The number of benzene rings is 1. The number of methoxy groups -OCH3 is 1. The van der Waals surface area contributed by atoms with Crippen LogP contribution in [0, 0.1) is 5.92 Å². The summed E-state index contributed by atoms with van der Waals surface area (Å²) in [5.41, 5.74) is 0.750. The van der Waals surface area contributed by atoms with Gasteiger partial charge in [-0.1, -0.05) is 6.07 Å². The second kappa shape index (κ2) is 10.8. The molecule has 0 heterocycles. The molecule has 1 aliphatic rings.